The topological polar surface area (TPSA) is 55.1 Å². The third-order valence-corrected chi connectivity index (χ3v) is 2.33. The van der Waals surface area contributed by atoms with Crippen molar-refractivity contribution in [3.63, 3.8) is 0 Å². The predicted molar refractivity (Wildman–Crippen MR) is 63.1 cm³/mol. The molecule has 1 atom stereocenters. The van der Waals surface area contributed by atoms with Crippen molar-refractivity contribution >= 4 is 11.6 Å². The summed E-state index contributed by atoms with van der Waals surface area (Å²) in [5.74, 6) is -0.401. The summed E-state index contributed by atoms with van der Waals surface area (Å²) in [6.45, 7) is 3.02. The van der Waals surface area contributed by atoms with Crippen LogP contribution in [0.25, 0.3) is 0 Å². The second-order valence-corrected chi connectivity index (χ2v) is 4.26. The van der Waals surface area contributed by atoms with Gasteiger partial charge in [0.25, 0.3) is 0 Å². The summed E-state index contributed by atoms with van der Waals surface area (Å²) in [4.78, 5) is 11.4. The van der Waals surface area contributed by atoms with Gasteiger partial charge < -0.3 is 11.1 Å². The smallest absolute Gasteiger partial charge is 0.327 e. The number of hydrogen-bond donors (Lipinski definition) is 2. The van der Waals surface area contributed by atoms with E-state index in [-0.39, 0.29) is 23.7 Å². The maximum atomic E-state index is 12.6. The van der Waals surface area contributed by atoms with Crippen LogP contribution in [0.2, 0.25) is 0 Å². The molecule has 0 aliphatic carbocycles. The zero-order valence-corrected chi connectivity index (χ0v) is 10.1. The molecule has 100 valence electrons. The molecule has 0 saturated carbocycles. The van der Waals surface area contributed by atoms with Crippen LogP contribution in [0.15, 0.2) is 18.2 Å². The first-order chi connectivity index (χ1) is 8.20. The quantitative estimate of drug-likeness (QED) is 0.877. The van der Waals surface area contributed by atoms with E-state index in [0.717, 1.165) is 6.07 Å². The van der Waals surface area contributed by atoms with Gasteiger partial charge in [-0.05, 0) is 31.5 Å². The van der Waals surface area contributed by atoms with E-state index >= 15 is 0 Å². The van der Waals surface area contributed by atoms with Gasteiger partial charge in [0.2, 0.25) is 5.91 Å². The van der Waals surface area contributed by atoms with Gasteiger partial charge in [-0.15, -0.1) is 0 Å². The van der Waals surface area contributed by atoms with Crippen molar-refractivity contribution in [1.29, 1.82) is 0 Å². The van der Waals surface area contributed by atoms with Crippen molar-refractivity contribution < 1.29 is 18.0 Å². The van der Waals surface area contributed by atoms with E-state index in [1.165, 1.54) is 19.1 Å². The molecule has 3 N–H and O–H groups in total. The molecule has 1 rings (SSSR count). The molecule has 1 aromatic carbocycles. The van der Waals surface area contributed by atoms with Crippen LogP contribution in [0.5, 0.6) is 0 Å². The number of rotatable bonds is 3. The van der Waals surface area contributed by atoms with Crippen LogP contribution in [0.4, 0.5) is 18.9 Å². The lowest BCUT2D eigenvalue weighted by atomic mass is 10.1. The van der Waals surface area contributed by atoms with Crippen LogP contribution in [-0.4, -0.2) is 11.9 Å². The number of carbonyl (C=O) groups is 1. The number of halogens is 3. The van der Waals surface area contributed by atoms with Crippen molar-refractivity contribution in [3.05, 3.63) is 29.3 Å². The zero-order chi connectivity index (χ0) is 13.9. The molecule has 0 aromatic heterocycles. The average molecular weight is 260 g/mol. The molecule has 6 heteroatoms. The summed E-state index contributed by atoms with van der Waals surface area (Å²) in [5.41, 5.74) is 4.92. The Morgan fingerprint density at radius 1 is 1.44 bits per heavy atom. The number of benzene rings is 1. The highest BCUT2D eigenvalue weighted by atomic mass is 19.4. The van der Waals surface area contributed by atoms with Gasteiger partial charge in [0, 0.05) is 18.2 Å². The van der Waals surface area contributed by atoms with Crippen LogP contribution in [0.1, 0.15) is 24.5 Å². The molecule has 18 heavy (non-hydrogen) atoms. The van der Waals surface area contributed by atoms with E-state index in [1.807, 2.05) is 0 Å². The number of hydrogen-bond acceptors (Lipinski definition) is 2. The van der Waals surface area contributed by atoms with Gasteiger partial charge in [-0.25, -0.2) is 0 Å². The first kappa shape index (κ1) is 14.5. The van der Waals surface area contributed by atoms with Gasteiger partial charge in [-0.2, -0.15) is 13.2 Å². The Morgan fingerprint density at radius 3 is 2.56 bits per heavy atom. The minimum Gasteiger partial charge on any atom is -0.327 e. The molecule has 0 spiro atoms. The summed E-state index contributed by atoms with van der Waals surface area (Å²) >= 11 is 0. The van der Waals surface area contributed by atoms with E-state index in [1.54, 1.807) is 6.92 Å². The molecular formula is C12H15F3N2O. The molecule has 1 amide bonds. The Balaban J connectivity index is 2.89. The van der Waals surface area contributed by atoms with Gasteiger partial charge in [0.1, 0.15) is 0 Å². The molecule has 1 unspecified atom stereocenters. The summed E-state index contributed by atoms with van der Waals surface area (Å²) < 4.78 is 37.9. The largest absolute Gasteiger partial charge is 0.416 e. The Morgan fingerprint density at radius 2 is 2.06 bits per heavy atom. The third kappa shape index (κ3) is 4.03. The molecule has 0 fully saturated rings. The molecule has 0 aliphatic heterocycles. The fourth-order valence-corrected chi connectivity index (χ4v) is 1.51. The van der Waals surface area contributed by atoms with E-state index < -0.39 is 17.6 Å². The lowest BCUT2D eigenvalue weighted by Crippen LogP contribution is -2.24. The third-order valence-electron chi connectivity index (χ3n) is 2.33. The minimum absolute atomic E-state index is 0.0647. The first-order valence-electron chi connectivity index (χ1n) is 5.43. The van der Waals surface area contributed by atoms with Crippen molar-refractivity contribution in [2.24, 2.45) is 5.73 Å². The van der Waals surface area contributed by atoms with Crippen LogP contribution >= 0.6 is 0 Å². The highest BCUT2D eigenvalue weighted by molar-refractivity contribution is 5.91. The lowest BCUT2D eigenvalue weighted by molar-refractivity contribution is -0.138. The maximum Gasteiger partial charge on any atom is 0.416 e. The van der Waals surface area contributed by atoms with Gasteiger partial charge in [-0.1, -0.05) is 6.07 Å². The average Bonchev–Trinajstić information content (AvgIpc) is 2.17. The summed E-state index contributed by atoms with van der Waals surface area (Å²) in [7, 11) is 0. The summed E-state index contributed by atoms with van der Waals surface area (Å²) in [5, 5.41) is 2.39. The van der Waals surface area contributed by atoms with Crippen molar-refractivity contribution in [3.8, 4) is 0 Å². The van der Waals surface area contributed by atoms with Crippen LogP contribution in [-0.2, 0) is 11.0 Å². The van der Waals surface area contributed by atoms with Crippen LogP contribution < -0.4 is 11.1 Å². The van der Waals surface area contributed by atoms with E-state index in [9.17, 15) is 18.0 Å². The Labute approximate surface area is 103 Å². The zero-order valence-electron chi connectivity index (χ0n) is 10.1. The molecule has 0 heterocycles. The standard InChI is InChI=1S/C12H15F3N2O/c1-7-3-4-9(6-10(7)12(13,14)15)17-11(18)5-8(2)16/h3-4,6,8H,5,16H2,1-2H3,(H,17,18). The Hall–Kier alpha value is -1.56. The van der Waals surface area contributed by atoms with E-state index in [0.29, 0.717) is 0 Å². The normalized spacial score (nSPS) is 13.2. The molecule has 0 bridgehead atoms. The number of nitrogens with two attached hydrogens (primary N) is 1. The minimum atomic E-state index is -4.42. The summed E-state index contributed by atoms with van der Waals surface area (Å²) in [6.07, 6.45) is -4.36. The number of anilines is 1. The molecule has 0 radical (unpaired) electrons. The Bertz CT molecular complexity index is 441. The highest BCUT2D eigenvalue weighted by Gasteiger charge is 2.32. The molecule has 3 nitrogen and oxygen atoms in total. The highest BCUT2D eigenvalue weighted by Crippen LogP contribution is 2.33. The second kappa shape index (κ2) is 5.39. The molecule has 1 aromatic rings. The fraction of sp³-hybridized carbons (Fsp3) is 0.417. The molecular weight excluding hydrogens is 245 g/mol. The van der Waals surface area contributed by atoms with Gasteiger partial charge in [-0.3, -0.25) is 4.79 Å². The fourth-order valence-electron chi connectivity index (χ4n) is 1.51. The second-order valence-electron chi connectivity index (χ2n) is 4.26. The van der Waals surface area contributed by atoms with Crippen molar-refractivity contribution in [2.45, 2.75) is 32.5 Å². The number of aryl methyl sites for hydroxylation is 1. The van der Waals surface area contributed by atoms with E-state index in [4.69, 9.17) is 5.73 Å². The monoisotopic (exact) mass is 260 g/mol. The van der Waals surface area contributed by atoms with Crippen LogP contribution in [0, 0.1) is 6.92 Å². The van der Waals surface area contributed by atoms with Crippen LogP contribution in [0.3, 0.4) is 0 Å². The maximum absolute atomic E-state index is 12.6. The predicted octanol–water partition coefficient (Wildman–Crippen LogP) is 2.69. The van der Waals surface area contributed by atoms with Gasteiger partial charge >= 0.3 is 6.18 Å². The SMILES string of the molecule is Cc1ccc(NC(=O)CC(C)N)cc1C(F)(F)F. The number of amides is 1. The number of carbonyl (C=O) groups excluding carboxylic acids is 1. The van der Waals surface area contributed by atoms with Crippen molar-refractivity contribution in [2.75, 3.05) is 5.32 Å². The first-order valence-corrected chi connectivity index (χ1v) is 5.43. The molecule has 0 saturated heterocycles. The van der Waals surface area contributed by atoms with E-state index in [2.05, 4.69) is 5.32 Å². The summed E-state index contributed by atoms with van der Waals surface area (Å²) in [6, 6.07) is 3.35. The van der Waals surface area contributed by atoms with Gasteiger partial charge in [0.15, 0.2) is 0 Å². The lowest BCUT2D eigenvalue weighted by Gasteiger charge is -2.13. The Kier molecular flexibility index (Phi) is 4.34. The van der Waals surface area contributed by atoms with Gasteiger partial charge in [0.05, 0.1) is 5.56 Å². The number of alkyl halides is 3. The number of nitrogens with one attached hydrogen (secondary N) is 1. The molecule has 0 aliphatic rings. The van der Waals surface area contributed by atoms with Crippen molar-refractivity contribution in [1.82, 2.24) is 0 Å².